The number of nitrogens with one attached hydrogen (secondary N) is 2. The van der Waals surface area contributed by atoms with Gasteiger partial charge in [0.15, 0.2) is 0 Å². The molecule has 0 spiro atoms. The second kappa shape index (κ2) is 5.28. The summed E-state index contributed by atoms with van der Waals surface area (Å²) in [5, 5.41) is 17.0. The fourth-order valence-electron chi connectivity index (χ4n) is 2.80. The zero-order valence-electron chi connectivity index (χ0n) is 9.60. The Morgan fingerprint density at radius 1 is 1.20 bits per heavy atom. The molecule has 0 aromatic carbocycles. The first-order valence-electron chi connectivity index (χ1n) is 6.42. The third-order valence-corrected chi connectivity index (χ3v) is 3.88. The van der Waals surface area contributed by atoms with Gasteiger partial charge in [-0.25, -0.2) is 0 Å². The predicted molar refractivity (Wildman–Crippen MR) is 61.9 cm³/mol. The van der Waals surface area contributed by atoms with Gasteiger partial charge in [-0.1, -0.05) is 12.8 Å². The first-order valence-corrected chi connectivity index (χ1v) is 6.42. The van der Waals surface area contributed by atoms with E-state index in [0.717, 1.165) is 44.9 Å². The van der Waals surface area contributed by atoms with Gasteiger partial charge in [-0.3, -0.25) is 0 Å². The van der Waals surface area contributed by atoms with Crippen LogP contribution < -0.4 is 10.6 Å². The third kappa shape index (κ3) is 3.44. The molecule has 0 amide bonds. The van der Waals surface area contributed by atoms with Crippen LogP contribution in [-0.2, 0) is 0 Å². The minimum Gasteiger partial charge on any atom is -0.389 e. The average Bonchev–Trinajstić information content (AvgIpc) is 2.67. The third-order valence-electron chi connectivity index (χ3n) is 3.88. The Bertz CT molecular complexity index is 184. The molecule has 3 N–H and O–H groups in total. The predicted octanol–water partition coefficient (Wildman–Crippen LogP) is 0.881. The Kier molecular flexibility index (Phi) is 4.00. The van der Waals surface area contributed by atoms with Gasteiger partial charge >= 0.3 is 0 Å². The first kappa shape index (κ1) is 11.4. The molecule has 1 saturated carbocycles. The van der Waals surface area contributed by atoms with Crippen LogP contribution in [-0.4, -0.2) is 36.9 Å². The summed E-state index contributed by atoms with van der Waals surface area (Å²) in [6.07, 6.45) is 6.95. The maximum atomic E-state index is 10.1. The fourth-order valence-corrected chi connectivity index (χ4v) is 2.80. The van der Waals surface area contributed by atoms with Gasteiger partial charge in [-0.15, -0.1) is 0 Å². The lowest BCUT2D eigenvalue weighted by molar-refractivity contribution is 0.0465. The van der Waals surface area contributed by atoms with Crippen LogP contribution in [0.4, 0.5) is 0 Å². The van der Waals surface area contributed by atoms with Crippen molar-refractivity contribution >= 4 is 0 Å². The zero-order chi connectivity index (χ0) is 10.6. The van der Waals surface area contributed by atoms with Gasteiger partial charge in [0.25, 0.3) is 0 Å². The van der Waals surface area contributed by atoms with Gasteiger partial charge in [-0.05, 0) is 51.2 Å². The Morgan fingerprint density at radius 2 is 1.87 bits per heavy atom. The van der Waals surface area contributed by atoms with E-state index < -0.39 is 0 Å². The van der Waals surface area contributed by atoms with E-state index in [2.05, 4.69) is 10.6 Å². The van der Waals surface area contributed by atoms with Gasteiger partial charge < -0.3 is 15.7 Å². The van der Waals surface area contributed by atoms with Crippen molar-refractivity contribution in [2.24, 2.45) is 5.92 Å². The molecular weight excluding hydrogens is 188 g/mol. The molecule has 1 heterocycles. The molecule has 0 radical (unpaired) electrons. The number of hydrogen-bond acceptors (Lipinski definition) is 3. The minimum absolute atomic E-state index is 0.382. The molecule has 2 rings (SSSR count). The van der Waals surface area contributed by atoms with Gasteiger partial charge in [0.1, 0.15) is 0 Å². The van der Waals surface area contributed by atoms with Crippen molar-refractivity contribution < 1.29 is 5.11 Å². The van der Waals surface area contributed by atoms with Crippen molar-refractivity contribution in [3.63, 3.8) is 0 Å². The van der Waals surface area contributed by atoms with E-state index in [1.165, 1.54) is 25.7 Å². The van der Waals surface area contributed by atoms with E-state index in [1.54, 1.807) is 0 Å². The van der Waals surface area contributed by atoms with Gasteiger partial charge in [0, 0.05) is 6.54 Å². The van der Waals surface area contributed by atoms with Crippen LogP contribution in [0.1, 0.15) is 38.5 Å². The first-order chi connectivity index (χ1) is 7.29. The van der Waals surface area contributed by atoms with E-state index >= 15 is 0 Å². The van der Waals surface area contributed by atoms with Crippen molar-refractivity contribution in [1.29, 1.82) is 0 Å². The van der Waals surface area contributed by atoms with E-state index in [4.69, 9.17) is 0 Å². The summed E-state index contributed by atoms with van der Waals surface area (Å²) >= 11 is 0. The molecule has 3 nitrogen and oxygen atoms in total. The summed E-state index contributed by atoms with van der Waals surface area (Å²) < 4.78 is 0. The summed E-state index contributed by atoms with van der Waals surface area (Å²) in [6.45, 7) is 4.22. The molecule has 3 heteroatoms. The highest BCUT2D eigenvalue weighted by molar-refractivity contribution is 4.86. The Labute approximate surface area is 92.6 Å². The second-order valence-electron chi connectivity index (χ2n) is 5.26. The highest BCUT2D eigenvalue weighted by atomic mass is 16.3. The van der Waals surface area contributed by atoms with Gasteiger partial charge in [0.2, 0.25) is 0 Å². The fraction of sp³-hybridized carbons (Fsp3) is 1.00. The van der Waals surface area contributed by atoms with Crippen LogP contribution in [0.25, 0.3) is 0 Å². The SMILES string of the molecule is OC1(CNCC2CCNCC2)CCCC1. The molecule has 1 aliphatic heterocycles. The van der Waals surface area contributed by atoms with Crippen LogP contribution in [0.3, 0.4) is 0 Å². The summed E-state index contributed by atoms with van der Waals surface area (Å²) in [5.74, 6) is 0.816. The largest absolute Gasteiger partial charge is 0.389 e. The molecule has 0 bridgehead atoms. The highest BCUT2D eigenvalue weighted by Crippen LogP contribution is 2.28. The smallest absolute Gasteiger partial charge is 0.0771 e. The summed E-state index contributed by atoms with van der Waals surface area (Å²) in [7, 11) is 0. The second-order valence-corrected chi connectivity index (χ2v) is 5.26. The lowest BCUT2D eigenvalue weighted by Crippen LogP contribution is -2.41. The molecule has 1 saturated heterocycles. The van der Waals surface area contributed by atoms with Crippen LogP contribution in [0.2, 0.25) is 0 Å². The van der Waals surface area contributed by atoms with Crippen LogP contribution in [0, 0.1) is 5.92 Å². The number of hydrogen-bond donors (Lipinski definition) is 3. The Balaban J connectivity index is 1.61. The summed E-state index contributed by atoms with van der Waals surface area (Å²) in [4.78, 5) is 0. The van der Waals surface area contributed by atoms with Gasteiger partial charge in [0.05, 0.1) is 5.60 Å². The Hall–Kier alpha value is -0.120. The lowest BCUT2D eigenvalue weighted by Gasteiger charge is -2.26. The highest BCUT2D eigenvalue weighted by Gasteiger charge is 2.30. The maximum Gasteiger partial charge on any atom is 0.0771 e. The lowest BCUT2D eigenvalue weighted by atomic mass is 9.97. The molecule has 0 aromatic rings. The molecule has 0 aromatic heterocycles. The minimum atomic E-state index is -0.382. The van der Waals surface area contributed by atoms with Crippen molar-refractivity contribution in [1.82, 2.24) is 10.6 Å². The topological polar surface area (TPSA) is 44.3 Å². The molecule has 1 aliphatic carbocycles. The molecule has 2 aliphatic rings. The molecular formula is C12H24N2O. The molecule has 15 heavy (non-hydrogen) atoms. The van der Waals surface area contributed by atoms with Crippen LogP contribution in [0.15, 0.2) is 0 Å². The van der Waals surface area contributed by atoms with Gasteiger partial charge in [-0.2, -0.15) is 0 Å². The monoisotopic (exact) mass is 212 g/mol. The molecule has 2 fully saturated rings. The zero-order valence-corrected chi connectivity index (χ0v) is 9.60. The summed E-state index contributed by atoms with van der Waals surface area (Å²) in [5.41, 5.74) is -0.382. The van der Waals surface area contributed by atoms with E-state index in [0.29, 0.717) is 0 Å². The number of piperidine rings is 1. The van der Waals surface area contributed by atoms with Crippen molar-refractivity contribution in [2.45, 2.75) is 44.1 Å². The maximum absolute atomic E-state index is 10.1. The van der Waals surface area contributed by atoms with E-state index in [9.17, 15) is 5.11 Å². The molecule has 88 valence electrons. The molecule has 0 unspecified atom stereocenters. The van der Waals surface area contributed by atoms with Crippen molar-refractivity contribution in [2.75, 3.05) is 26.2 Å². The number of rotatable bonds is 4. The average molecular weight is 212 g/mol. The Morgan fingerprint density at radius 3 is 2.53 bits per heavy atom. The quantitative estimate of drug-likeness (QED) is 0.648. The van der Waals surface area contributed by atoms with Crippen molar-refractivity contribution in [3.8, 4) is 0 Å². The normalized spacial score (nSPS) is 27.0. The standard InChI is InChI=1S/C12H24N2O/c15-12(5-1-2-6-12)10-14-9-11-3-7-13-8-4-11/h11,13-15H,1-10H2. The molecule has 0 atom stereocenters. The van der Waals surface area contributed by atoms with Crippen LogP contribution >= 0.6 is 0 Å². The van der Waals surface area contributed by atoms with Crippen molar-refractivity contribution in [3.05, 3.63) is 0 Å². The number of aliphatic hydroxyl groups is 1. The van der Waals surface area contributed by atoms with E-state index in [-0.39, 0.29) is 5.60 Å². The van der Waals surface area contributed by atoms with E-state index in [1.807, 2.05) is 0 Å². The van der Waals surface area contributed by atoms with Crippen LogP contribution in [0.5, 0.6) is 0 Å². The summed E-state index contributed by atoms with van der Waals surface area (Å²) in [6, 6.07) is 0.